The lowest BCUT2D eigenvalue weighted by molar-refractivity contribution is 0.0954. The second-order valence-electron chi connectivity index (χ2n) is 5.32. The summed E-state index contributed by atoms with van der Waals surface area (Å²) >= 11 is 0. The van der Waals surface area contributed by atoms with Gasteiger partial charge in [0, 0.05) is 18.0 Å². The maximum absolute atomic E-state index is 12.0. The van der Waals surface area contributed by atoms with Crippen LogP contribution in [0.4, 0.5) is 0 Å². The number of nitrogens with zero attached hydrogens (tertiary/aromatic N) is 2. The highest BCUT2D eigenvalue weighted by Gasteiger charge is 2.04. The molecule has 118 valence electrons. The van der Waals surface area contributed by atoms with E-state index in [4.69, 9.17) is 0 Å². The largest absolute Gasteiger partial charge is 0.271 e. The molecule has 0 saturated carbocycles. The van der Waals surface area contributed by atoms with Crippen LogP contribution in [0.1, 0.15) is 22.8 Å². The zero-order valence-electron chi connectivity index (χ0n) is 13.3. The molecular weight excluding hydrogens is 298 g/mol. The highest BCUT2D eigenvalue weighted by Crippen LogP contribution is 2.19. The van der Waals surface area contributed by atoms with Crippen molar-refractivity contribution in [3.05, 3.63) is 90.3 Å². The van der Waals surface area contributed by atoms with Crippen molar-refractivity contribution in [2.24, 2.45) is 5.10 Å². The van der Waals surface area contributed by atoms with E-state index in [0.717, 1.165) is 16.8 Å². The first kappa shape index (κ1) is 15.6. The topological polar surface area (TPSA) is 54.4 Å². The second-order valence-corrected chi connectivity index (χ2v) is 5.32. The van der Waals surface area contributed by atoms with Crippen molar-refractivity contribution in [2.75, 3.05) is 0 Å². The Labute approximate surface area is 140 Å². The number of rotatable bonds is 4. The number of nitrogens with one attached hydrogen (secondary N) is 1. The third kappa shape index (κ3) is 3.73. The van der Waals surface area contributed by atoms with Gasteiger partial charge in [-0.25, -0.2) is 5.43 Å². The Balaban J connectivity index is 1.71. The number of hydrazone groups is 1. The molecule has 0 aliphatic rings. The summed E-state index contributed by atoms with van der Waals surface area (Å²) in [7, 11) is 0. The molecule has 3 rings (SSSR count). The molecule has 0 unspecified atom stereocenters. The smallest absolute Gasteiger partial charge is 0.267 e. The molecule has 1 heterocycles. The molecule has 4 heteroatoms. The van der Waals surface area contributed by atoms with Gasteiger partial charge in [0.2, 0.25) is 0 Å². The first-order chi connectivity index (χ1) is 11.7. The molecule has 0 atom stereocenters. The fraction of sp³-hybridized carbons (Fsp3) is 0.0500. The average Bonchev–Trinajstić information content (AvgIpc) is 2.67. The Morgan fingerprint density at radius 2 is 1.46 bits per heavy atom. The molecule has 0 aliphatic heterocycles. The fourth-order valence-electron chi connectivity index (χ4n) is 2.30. The summed E-state index contributed by atoms with van der Waals surface area (Å²) in [6.45, 7) is 1.87. The molecule has 4 nitrogen and oxygen atoms in total. The van der Waals surface area contributed by atoms with E-state index in [1.54, 1.807) is 24.5 Å². The minimum Gasteiger partial charge on any atom is -0.267 e. The SMILES string of the molecule is C/C(=N/NC(=O)c1ccncc1)c1ccc(-c2ccccc2)cc1. The number of hydrogen-bond donors (Lipinski definition) is 1. The van der Waals surface area contributed by atoms with Crippen molar-refractivity contribution in [1.82, 2.24) is 10.4 Å². The van der Waals surface area contributed by atoms with Crippen LogP contribution in [0.25, 0.3) is 11.1 Å². The van der Waals surface area contributed by atoms with Gasteiger partial charge in [-0.3, -0.25) is 9.78 Å². The summed E-state index contributed by atoms with van der Waals surface area (Å²) in [4.78, 5) is 15.9. The quantitative estimate of drug-likeness (QED) is 0.586. The molecule has 24 heavy (non-hydrogen) atoms. The minimum atomic E-state index is -0.252. The van der Waals surface area contributed by atoms with Gasteiger partial charge in [0.05, 0.1) is 5.71 Å². The third-order valence-corrected chi connectivity index (χ3v) is 3.68. The highest BCUT2D eigenvalue weighted by molar-refractivity contribution is 6.01. The van der Waals surface area contributed by atoms with Crippen molar-refractivity contribution in [3.8, 4) is 11.1 Å². The zero-order chi connectivity index (χ0) is 16.8. The fourth-order valence-corrected chi connectivity index (χ4v) is 2.30. The van der Waals surface area contributed by atoms with Gasteiger partial charge in [-0.1, -0.05) is 54.6 Å². The Morgan fingerprint density at radius 3 is 2.12 bits per heavy atom. The summed E-state index contributed by atoms with van der Waals surface area (Å²) in [6, 6.07) is 21.6. The molecule has 1 amide bonds. The van der Waals surface area contributed by atoms with E-state index in [-0.39, 0.29) is 5.91 Å². The van der Waals surface area contributed by atoms with Crippen molar-refractivity contribution in [3.63, 3.8) is 0 Å². The van der Waals surface area contributed by atoms with Crippen LogP contribution >= 0.6 is 0 Å². The Morgan fingerprint density at radius 1 is 0.833 bits per heavy atom. The lowest BCUT2D eigenvalue weighted by atomic mass is 10.0. The van der Waals surface area contributed by atoms with Crippen molar-refractivity contribution in [1.29, 1.82) is 0 Å². The predicted octanol–water partition coefficient (Wildman–Crippen LogP) is 3.90. The lowest BCUT2D eigenvalue weighted by Crippen LogP contribution is -2.19. The summed E-state index contributed by atoms with van der Waals surface area (Å²) in [5, 5.41) is 4.17. The van der Waals surface area contributed by atoms with E-state index >= 15 is 0 Å². The van der Waals surface area contributed by atoms with Gasteiger partial charge in [-0.15, -0.1) is 0 Å². The monoisotopic (exact) mass is 315 g/mol. The van der Waals surface area contributed by atoms with Gasteiger partial charge in [-0.2, -0.15) is 5.10 Å². The molecule has 0 bridgehead atoms. The summed E-state index contributed by atoms with van der Waals surface area (Å²) in [5.41, 5.74) is 7.12. The molecule has 0 radical (unpaired) electrons. The van der Waals surface area contributed by atoms with Crippen molar-refractivity contribution >= 4 is 11.6 Å². The van der Waals surface area contributed by atoms with Crippen LogP contribution in [-0.4, -0.2) is 16.6 Å². The first-order valence-electron chi connectivity index (χ1n) is 7.64. The van der Waals surface area contributed by atoms with E-state index in [1.807, 2.05) is 49.4 Å². The van der Waals surface area contributed by atoms with E-state index in [0.29, 0.717) is 5.56 Å². The number of aromatic nitrogens is 1. The normalized spacial score (nSPS) is 11.1. The summed E-state index contributed by atoms with van der Waals surface area (Å²) < 4.78 is 0. The van der Waals surface area contributed by atoms with Gasteiger partial charge >= 0.3 is 0 Å². The van der Waals surface area contributed by atoms with Gasteiger partial charge < -0.3 is 0 Å². The lowest BCUT2D eigenvalue weighted by Gasteiger charge is -2.05. The van der Waals surface area contributed by atoms with Crippen LogP contribution in [0.3, 0.4) is 0 Å². The van der Waals surface area contributed by atoms with Crippen molar-refractivity contribution < 1.29 is 4.79 Å². The second kappa shape index (κ2) is 7.33. The van der Waals surface area contributed by atoms with Gasteiger partial charge in [0.15, 0.2) is 0 Å². The van der Waals surface area contributed by atoms with E-state index in [9.17, 15) is 4.79 Å². The summed E-state index contributed by atoms with van der Waals surface area (Å²) in [5.74, 6) is -0.252. The van der Waals surface area contributed by atoms with Crippen molar-refractivity contribution in [2.45, 2.75) is 6.92 Å². The number of pyridine rings is 1. The van der Waals surface area contributed by atoms with Gasteiger partial charge in [0.1, 0.15) is 0 Å². The molecule has 0 fully saturated rings. The molecule has 1 N–H and O–H groups in total. The molecular formula is C20H17N3O. The Kier molecular flexibility index (Phi) is 4.77. The van der Waals surface area contributed by atoms with Crippen LogP contribution in [0.5, 0.6) is 0 Å². The number of hydrogen-bond acceptors (Lipinski definition) is 3. The standard InChI is InChI=1S/C20H17N3O/c1-15(22-23-20(24)19-11-13-21-14-12-19)16-7-9-18(10-8-16)17-5-3-2-4-6-17/h2-14H,1H3,(H,23,24)/b22-15-. The van der Waals surface area contributed by atoms with Crippen LogP contribution in [-0.2, 0) is 0 Å². The number of carbonyl (C=O) groups is 1. The van der Waals surface area contributed by atoms with Crippen LogP contribution < -0.4 is 5.43 Å². The molecule has 0 saturated heterocycles. The Hall–Kier alpha value is -3.27. The van der Waals surface area contributed by atoms with E-state index in [2.05, 4.69) is 27.6 Å². The number of benzene rings is 2. The summed E-state index contributed by atoms with van der Waals surface area (Å²) in [6.07, 6.45) is 3.15. The highest BCUT2D eigenvalue weighted by atomic mass is 16.2. The van der Waals surface area contributed by atoms with Crippen LogP contribution in [0.2, 0.25) is 0 Å². The average molecular weight is 315 g/mol. The molecule has 3 aromatic rings. The third-order valence-electron chi connectivity index (χ3n) is 3.68. The molecule has 0 aliphatic carbocycles. The van der Waals surface area contributed by atoms with Gasteiger partial charge in [-0.05, 0) is 35.7 Å². The molecule has 0 spiro atoms. The van der Waals surface area contributed by atoms with Crippen LogP contribution in [0.15, 0.2) is 84.2 Å². The predicted molar refractivity (Wildman–Crippen MR) is 95.8 cm³/mol. The molecule has 2 aromatic carbocycles. The number of carbonyl (C=O) groups excluding carboxylic acids is 1. The number of amides is 1. The van der Waals surface area contributed by atoms with Crippen LogP contribution in [0, 0.1) is 0 Å². The minimum absolute atomic E-state index is 0.252. The molecule has 1 aromatic heterocycles. The Bertz CT molecular complexity index is 841. The van der Waals surface area contributed by atoms with Gasteiger partial charge in [0.25, 0.3) is 5.91 Å². The van der Waals surface area contributed by atoms with E-state index < -0.39 is 0 Å². The zero-order valence-corrected chi connectivity index (χ0v) is 13.3. The maximum atomic E-state index is 12.0. The van der Waals surface area contributed by atoms with E-state index in [1.165, 1.54) is 5.56 Å². The maximum Gasteiger partial charge on any atom is 0.271 e. The first-order valence-corrected chi connectivity index (χ1v) is 7.64.